The van der Waals surface area contributed by atoms with Crippen molar-refractivity contribution in [1.82, 2.24) is 24.7 Å². The topological polar surface area (TPSA) is 106 Å². The summed E-state index contributed by atoms with van der Waals surface area (Å²) in [5, 5.41) is 5.10. The zero-order valence-corrected chi connectivity index (χ0v) is 19.3. The molecular weight excluding hydrogens is 412 g/mol. The molecule has 0 bridgehead atoms. The molecule has 2 N–H and O–H groups in total. The van der Waals surface area contributed by atoms with Gasteiger partial charge < -0.3 is 4.98 Å². The van der Waals surface area contributed by atoms with Gasteiger partial charge in [-0.15, -0.1) is 5.10 Å². The van der Waals surface area contributed by atoms with Crippen molar-refractivity contribution in [3.8, 4) is 5.69 Å². The summed E-state index contributed by atoms with van der Waals surface area (Å²) in [6.07, 6.45) is 2.85. The Balaban J connectivity index is 1.98. The zero-order chi connectivity index (χ0) is 22.6. The molecule has 31 heavy (non-hydrogen) atoms. The number of aromatic amines is 1. The summed E-state index contributed by atoms with van der Waals surface area (Å²) in [6, 6.07) is 7.94. The van der Waals surface area contributed by atoms with Crippen LogP contribution in [0.15, 0.2) is 41.8 Å². The number of H-pyrrole nitrogens is 1. The first-order valence-corrected chi connectivity index (χ1v) is 11.5. The van der Waals surface area contributed by atoms with Crippen LogP contribution in [0.2, 0.25) is 0 Å². The summed E-state index contributed by atoms with van der Waals surface area (Å²) in [4.78, 5) is 11.4. The van der Waals surface area contributed by atoms with E-state index in [1.807, 2.05) is 32.9 Å². The maximum Gasteiger partial charge on any atom is 0.296 e. The molecule has 0 aliphatic rings. The molecule has 0 fully saturated rings. The highest BCUT2D eigenvalue weighted by Gasteiger charge is 2.25. The predicted molar refractivity (Wildman–Crippen MR) is 121 cm³/mol. The number of pyridine rings is 1. The number of rotatable bonds is 4. The van der Waals surface area contributed by atoms with Crippen LogP contribution in [0.25, 0.3) is 16.7 Å². The van der Waals surface area contributed by atoms with Crippen LogP contribution in [0.3, 0.4) is 0 Å². The van der Waals surface area contributed by atoms with Gasteiger partial charge in [0, 0.05) is 23.5 Å². The van der Waals surface area contributed by atoms with Crippen LogP contribution in [-0.2, 0) is 15.4 Å². The van der Waals surface area contributed by atoms with Crippen molar-refractivity contribution in [3.05, 3.63) is 59.0 Å². The van der Waals surface area contributed by atoms with Gasteiger partial charge in [0.05, 0.1) is 11.1 Å². The van der Waals surface area contributed by atoms with Gasteiger partial charge in [-0.2, -0.15) is 8.42 Å². The fourth-order valence-electron chi connectivity index (χ4n) is 3.72. The second-order valence-corrected chi connectivity index (χ2v) is 10.4. The summed E-state index contributed by atoms with van der Waals surface area (Å²) < 4.78 is 29.9. The normalized spacial score (nSPS) is 12.5. The van der Waals surface area contributed by atoms with Gasteiger partial charge in [0.1, 0.15) is 0 Å². The van der Waals surface area contributed by atoms with Crippen LogP contribution in [0.5, 0.6) is 0 Å². The number of anilines is 1. The summed E-state index contributed by atoms with van der Waals surface area (Å²) in [6.45, 7) is 12.3. The monoisotopic (exact) mass is 438 g/mol. The number of nitrogens with zero attached hydrogens (tertiary/aromatic N) is 4. The average molecular weight is 439 g/mol. The van der Waals surface area contributed by atoms with E-state index in [4.69, 9.17) is 4.98 Å². The molecule has 0 amide bonds. The Morgan fingerprint density at radius 2 is 1.74 bits per heavy atom. The van der Waals surface area contributed by atoms with E-state index in [2.05, 4.69) is 52.7 Å². The van der Waals surface area contributed by atoms with E-state index in [1.165, 1.54) is 12.4 Å². The first-order valence-electron chi connectivity index (χ1n) is 9.98. The minimum absolute atomic E-state index is 0.169. The van der Waals surface area contributed by atoms with Crippen LogP contribution >= 0.6 is 0 Å². The number of sulfonamides is 1. The lowest BCUT2D eigenvalue weighted by atomic mass is 9.91. The summed E-state index contributed by atoms with van der Waals surface area (Å²) in [5.41, 5.74) is 5.42. The van der Waals surface area contributed by atoms with E-state index in [0.29, 0.717) is 11.0 Å². The van der Waals surface area contributed by atoms with Crippen LogP contribution in [0, 0.1) is 20.8 Å². The molecule has 0 atom stereocenters. The van der Waals surface area contributed by atoms with Gasteiger partial charge in [0.25, 0.3) is 10.0 Å². The Morgan fingerprint density at radius 1 is 1.06 bits per heavy atom. The SMILES string of the molecule is Cc1cc(C)c(-n2nc(NS(=O)(=O)c3ncc[nH]3)c3ccc(C(C)(C)C)nc32)c(C)c1. The molecule has 0 aliphatic carbocycles. The molecule has 3 heterocycles. The van der Waals surface area contributed by atoms with Crippen molar-refractivity contribution in [2.75, 3.05) is 4.72 Å². The number of imidazole rings is 1. The standard InChI is InChI=1S/C22H26N6O2S/c1-13-11-14(2)18(15(3)12-13)28-20-16(7-8-17(25-20)22(4,5)6)19(26-28)27-31(29,30)21-23-9-10-24-21/h7-12H,1-6H3,(H,23,24)(H,26,27). The van der Waals surface area contributed by atoms with Crippen molar-refractivity contribution in [3.63, 3.8) is 0 Å². The highest BCUT2D eigenvalue weighted by Crippen LogP contribution is 2.31. The predicted octanol–water partition coefficient (Wildman–Crippen LogP) is 4.17. The molecule has 1 aromatic carbocycles. The Bertz CT molecular complexity index is 1360. The molecule has 9 heteroatoms. The third-order valence-corrected chi connectivity index (χ3v) is 6.30. The van der Waals surface area contributed by atoms with Crippen LogP contribution in [0.1, 0.15) is 43.2 Å². The second kappa shape index (κ2) is 7.19. The van der Waals surface area contributed by atoms with Gasteiger partial charge in [0.15, 0.2) is 11.5 Å². The first kappa shape index (κ1) is 21.0. The number of aromatic nitrogens is 5. The number of nitrogens with one attached hydrogen (secondary N) is 2. The maximum atomic E-state index is 12.8. The van der Waals surface area contributed by atoms with Crippen molar-refractivity contribution >= 4 is 26.9 Å². The molecule has 0 spiro atoms. The van der Waals surface area contributed by atoms with E-state index < -0.39 is 10.0 Å². The van der Waals surface area contributed by atoms with E-state index >= 15 is 0 Å². The Hall–Kier alpha value is -3.20. The molecule has 0 saturated heterocycles. The first-order chi connectivity index (χ1) is 14.5. The zero-order valence-electron chi connectivity index (χ0n) is 18.5. The van der Waals surface area contributed by atoms with Gasteiger partial charge in [-0.25, -0.2) is 14.6 Å². The fourth-order valence-corrected chi connectivity index (χ4v) is 4.65. The van der Waals surface area contributed by atoms with Crippen LogP contribution in [0.4, 0.5) is 5.82 Å². The van der Waals surface area contributed by atoms with E-state index in [-0.39, 0.29) is 16.4 Å². The van der Waals surface area contributed by atoms with Gasteiger partial charge in [-0.05, 0) is 44.0 Å². The van der Waals surface area contributed by atoms with E-state index in [1.54, 1.807) is 4.68 Å². The molecule has 162 valence electrons. The highest BCUT2D eigenvalue weighted by molar-refractivity contribution is 7.92. The number of benzene rings is 1. The maximum absolute atomic E-state index is 12.8. The Labute approximate surface area is 181 Å². The largest absolute Gasteiger partial charge is 0.334 e. The van der Waals surface area contributed by atoms with E-state index in [9.17, 15) is 8.42 Å². The molecule has 0 radical (unpaired) electrons. The van der Waals surface area contributed by atoms with Crippen molar-refractivity contribution in [2.45, 2.75) is 52.1 Å². The molecule has 0 saturated carbocycles. The molecule has 8 nitrogen and oxygen atoms in total. The quantitative estimate of drug-likeness (QED) is 0.497. The Kier molecular flexibility index (Phi) is 4.88. The number of fused-ring (bicyclic) bond motifs is 1. The van der Waals surface area contributed by atoms with Gasteiger partial charge in [0.2, 0.25) is 5.16 Å². The van der Waals surface area contributed by atoms with Crippen LogP contribution < -0.4 is 4.72 Å². The summed E-state index contributed by atoms with van der Waals surface area (Å²) >= 11 is 0. The van der Waals surface area contributed by atoms with Crippen molar-refractivity contribution < 1.29 is 8.42 Å². The molecule has 3 aromatic heterocycles. The minimum atomic E-state index is -3.92. The van der Waals surface area contributed by atoms with E-state index in [0.717, 1.165) is 28.1 Å². The van der Waals surface area contributed by atoms with Gasteiger partial charge in [-0.1, -0.05) is 38.5 Å². The average Bonchev–Trinajstić information content (AvgIpc) is 3.29. The van der Waals surface area contributed by atoms with Gasteiger partial charge in [-0.3, -0.25) is 4.72 Å². The Morgan fingerprint density at radius 3 is 2.32 bits per heavy atom. The summed E-state index contributed by atoms with van der Waals surface area (Å²) in [5.74, 6) is 0.207. The van der Waals surface area contributed by atoms with Crippen LogP contribution in [-0.4, -0.2) is 33.2 Å². The van der Waals surface area contributed by atoms with Gasteiger partial charge >= 0.3 is 0 Å². The lowest BCUT2D eigenvalue weighted by Crippen LogP contribution is -2.15. The summed E-state index contributed by atoms with van der Waals surface area (Å²) in [7, 11) is -3.92. The molecule has 0 aliphatic heterocycles. The third-order valence-electron chi connectivity index (χ3n) is 5.11. The lowest BCUT2D eigenvalue weighted by molar-refractivity contribution is 0.570. The molecule has 4 aromatic rings. The number of hydrogen-bond acceptors (Lipinski definition) is 5. The number of aryl methyl sites for hydroxylation is 3. The van der Waals surface area contributed by atoms with Crippen molar-refractivity contribution in [1.29, 1.82) is 0 Å². The van der Waals surface area contributed by atoms with Crippen molar-refractivity contribution in [2.24, 2.45) is 0 Å². The fraction of sp³-hybridized carbons (Fsp3) is 0.318. The molecule has 4 rings (SSSR count). The number of hydrogen-bond donors (Lipinski definition) is 2. The minimum Gasteiger partial charge on any atom is -0.334 e. The lowest BCUT2D eigenvalue weighted by Gasteiger charge is -2.18. The third kappa shape index (κ3) is 3.81. The highest BCUT2D eigenvalue weighted by atomic mass is 32.2. The smallest absolute Gasteiger partial charge is 0.296 e. The molecule has 0 unspecified atom stereocenters. The second-order valence-electron chi connectivity index (χ2n) is 8.83. The molecular formula is C22H26N6O2S.